The van der Waals surface area contributed by atoms with Crippen LogP contribution in [-0.2, 0) is 27.4 Å². The van der Waals surface area contributed by atoms with Crippen LogP contribution in [0.2, 0.25) is 0 Å². The van der Waals surface area contributed by atoms with E-state index in [-0.39, 0.29) is 18.4 Å². The summed E-state index contributed by atoms with van der Waals surface area (Å²) in [6, 6.07) is 12.6. The number of carbonyl (C=O) groups excluding carboxylic acids is 2. The van der Waals surface area contributed by atoms with Gasteiger partial charge >= 0.3 is 12.1 Å². The van der Waals surface area contributed by atoms with Gasteiger partial charge in [-0.3, -0.25) is 4.79 Å². The fraction of sp³-hybridized carbons (Fsp3) is 0.423. The van der Waals surface area contributed by atoms with Crippen LogP contribution >= 0.6 is 0 Å². The maximum atomic E-state index is 13.1. The first-order valence-electron chi connectivity index (χ1n) is 11.6. The molecule has 0 spiro atoms. The van der Waals surface area contributed by atoms with Crippen molar-refractivity contribution < 1.29 is 24.2 Å². The minimum Gasteiger partial charge on any atom is -0.480 e. The Morgan fingerprint density at radius 3 is 2.67 bits per heavy atom. The van der Waals surface area contributed by atoms with Crippen molar-refractivity contribution in [3.8, 4) is 11.1 Å². The second-order valence-corrected chi connectivity index (χ2v) is 8.89. The standard InChI is InChI=1S/C26H30N2O5/c1-3-16(2)23(24(29)28-13-7-12-22(28)25(30)31)27-26(32)33-15-18-9-6-11-20-19-10-5-4-8-17(19)14-21(18)20/h4-6,8-11,16,22-23H,3,7,12-15H2,1-2H3,(H,27,32)(H,30,31). The highest BCUT2D eigenvalue weighted by molar-refractivity contribution is 5.90. The number of fused-ring (bicyclic) bond motifs is 3. The second kappa shape index (κ2) is 9.65. The van der Waals surface area contributed by atoms with Crippen LogP contribution in [0.15, 0.2) is 42.5 Å². The van der Waals surface area contributed by atoms with Crippen LogP contribution in [0.25, 0.3) is 11.1 Å². The lowest BCUT2D eigenvalue weighted by Crippen LogP contribution is -2.54. The average Bonchev–Trinajstić information content (AvgIpc) is 3.45. The van der Waals surface area contributed by atoms with Crippen LogP contribution < -0.4 is 5.32 Å². The van der Waals surface area contributed by atoms with Crippen molar-refractivity contribution in [1.29, 1.82) is 0 Å². The van der Waals surface area contributed by atoms with E-state index in [1.54, 1.807) is 0 Å². The van der Waals surface area contributed by atoms with Crippen molar-refractivity contribution in [2.24, 2.45) is 5.92 Å². The van der Waals surface area contributed by atoms with Gasteiger partial charge in [0.25, 0.3) is 0 Å². The predicted octanol–water partition coefficient (Wildman–Crippen LogP) is 3.97. The summed E-state index contributed by atoms with van der Waals surface area (Å²) in [5.74, 6) is -1.52. The number of nitrogens with zero attached hydrogens (tertiary/aromatic N) is 1. The highest BCUT2D eigenvalue weighted by Gasteiger charge is 2.39. The Hall–Kier alpha value is -3.35. The van der Waals surface area contributed by atoms with Gasteiger partial charge in [0.15, 0.2) is 0 Å². The minimum absolute atomic E-state index is 0.103. The topological polar surface area (TPSA) is 95.9 Å². The van der Waals surface area contributed by atoms with E-state index >= 15 is 0 Å². The first kappa shape index (κ1) is 22.8. The number of hydrogen-bond donors (Lipinski definition) is 2. The largest absolute Gasteiger partial charge is 0.480 e. The lowest BCUT2D eigenvalue weighted by atomic mass is 9.97. The minimum atomic E-state index is -1.01. The molecule has 2 aromatic rings. The normalized spacial score (nSPS) is 18.2. The molecule has 0 radical (unpaired) electrons. The number of benzene rings is 2. The lowest BCUT2D eigenvalue weighted by molar-refractivity contribution is -0.149. The molecule has 0 bridgehead atoms. The number of ether oxygens (including phenoxy) is 1. The van der Waals surface area contributed by atoms with Gasteiger partial charge < -0.3 is 20.1 Å². The van der Waals surface area contributed by atoms with Crippen LogP contribution in [-0.4, -0.2) is 46.6 Å². The van der Waals surface area contributed by atoms with Gasteiger partial charge in [0.2, 0.25) is 5.91 Å². The molecule has 0 saturated carbocycles. The number of carboxylic acids is 1. The van der Waals surface area contributed by atoms with Crippen LogP contribution in [0, 0.1) is 5.92 Å². The average molecular weight is 451 g/mol. The van der Waals surface area contributed by atoms with E-state index in [1.807, 2.05) is 38.1 Å². The van der Waals surface area contributed by atoms with Crippen molar-refractivity contribution in [3.63, 3.8) is 0 Å². The molecule has 1 heterocycles. The van der Waals surface area contributed by atoms with Gasteiger partial charge in [-0.05, 0) is 53.0 Å². The summed E-state index contributed by atoms with van der Waals surface area (Å²) in [5.41, 5.74) is 5.72. The Morgan fingerprint density at radius 2 is 1.91 bits per heavy atom. The maximum Gasteiger partial charge on any atom is 0.408 e. The molecule has 1 saturated heterocycles. The van der Waals surface area contributed by atoms with Gasteiger partial charge in [0.1, 0.15) is 18.7 Å². The lowest BCUT2D eigenvalue weighted by Gasteiger charge is -2.30. The molecule has 4 rings (SSSR count). The third kappa shape index (κ3) is 4.58. The molecule has 1 aliphatic heterocycles. The van der Waals surface area contributed by atoms with Gasteiger partial charge in [-0.2, -0.15) is 0 Å². The third-order valence-electron chi connectivity index (χ3n) is 6.88. The molecule has 2 aromatic carbocycles. The number of likely N-dealkylation sites (tertiary alicyclic amines) is 1. The van der Waals surface area contributed by atoms with Crippen LogP contribution in [0.4, 0.5) is 4.79 Å². The Kier molecular flexibility index (Phi) is 6.67. The number of aliphatic carboxylic acids is 1. The molecule has 2 aliphatic rings. The predicted molar refractivity (Wildman–Crippen MR) is 124 cm³/mol. The van der Waals surface area contributed by atoms with Crippen molar-refractivity contribution in [1.82, 2.24) is 10.2 Å². The summed E-state index contributed by atoms with van der Waals surface area (Å²) in [5, 5.41) is 12.2. The second-order valence-electron chi connectivity index (χ2n) is 8.89. The highest BCUT2D eigenvalue weighted by Crippen LogP contribution is 2.38. The zero-order valence-electron chi connectivity index (χ0n) is 19.0. The van der Waals surface area contributed by atoms with E-state index in [0.717, 1.165) is 23.1 Å². The van der Waals surface area contributed by atoms with Gasteiger partial charge in [-0.1, -0.05) is 62.7 Å². The van der Waals surface area contributed by atoms with Crippen LogP contribution in [0.5, 0.6) is 0 Å². The van der Waals surface area contributed by atoms with Gasteiger partial charge in [0, 0.05) is 6.54 Å². The third-order valence-corrected chi connectivity index (χ3v) is 6.88. The number of nitrogens with one attached hydrogen (secondary N) is 1. The SMILES string of the molecule is CCC(C)C(NC(=O)OCc1cccc2c1Cc1ccccc1-2)C(=O)N1CCCC1C(=O)O. The fourth-order valence-electron chi connectivity index (χ4n) is 4.82. The molecule has 33 heavy (non-hydrogen) atoms. The summed E-state index contributed by atoms with van der Waals surface area (Å²) in [6.45, 7) is 4.29. The van der Waals surface area contributed by atoms with E-state index in [4.69, 9.17) is 4.74 Å². The van der Waals surface area contributed by atoms with Crippen LogP contribution in [0.1, 0.15) is 49.8 Å². The smallest absolute Gasteiger partial charge is 0.408 e. The molecular weight excluding hydrogens is 420 g/mol. The first-order chi connectivity index (χ1) is 15.9. The Labute approximate surface area is 193 Å². The summed E-state index contributed by atoms with van der Waals surface area (Å²) in [4.78, 5) is 38.7. The number of rotatable bonds is 7. The Balaban J connectivity index is 1.43. The van der Waals surface area contributed by atoms with E-state index < -0.39 is 24.1 Å². The molecule has 0 aromatic heterocycles. The number of hydrogen-bond acceptors (Lipinski definition) is 4. The molecule has 1 aliphatic carbocycles. The number of alkyl carbamates (subject to hydrolysis) is 1. The molecular formula is C26H30N2O5. The van der Waals surface area contributed by atoms with E-state index in [2.05, 4.69) is 23.5 Å². The maximum absolute atomic E-state index is 13.1. The number of carboxylic acid groups (broad SMARTS) is 1. The van der Waals surface area contributed by atoms with Crippen molar-refractivity contribution in [2.45, 2.75) is 58.2 Å². The zero-order chi connectivity index (χ0) is 23.5. The summed E-state index contributed by atoms with van der Waals surface area (Å²) >= 11 is 0. The summed E-state index contributed by atoms with van der Waals surface area (Å²) in [6.07, 6.45) is 1.86. The number of carbonyl (C=O) groups is 3. The van der Waals surface area contributed by atoms with Gasteiger partial charge in [-0.15, -0.1) is 0 Å². The molecule has 2 amide bonds. The van der Waals surface area contributed by atoms with Crippen LogP contribution in [0.3, 0.4) is 0 Å². The summed E-state index contributed by atoms with van der Waals surface area (Å²) in [7, 11) is 0. The Bertz CT molecular complexity index is 1070. The molecule has 174 valence electrons. The fourth-order valence-corrected chi connectivity index (χ4v) is 4.82. The van der Waals surface area contributed by atoms with Crippen molar-refractivity contribution in [3.05, 3.63) is 59.2 Å². The molecule has 2 N–H and O–H groups in total. The summed E-state index contributed by atoms with van der Waals surface area (Å²) < 4.78 is 5.53. The molecule has 3 unspecified atom stereocenters. The van der Waals surface area contributed by atoms with Gasteiger partial charge in [-0.25, -0.2) is 9.59 Å². The molecule has 3 atom stereocenters. The van der Waals surface area contributed by atoms with Crippen molar-refractivity contribution in [2.75, 3.05) is 6.54 Å². The van der Waals surface area contributed by atoms with Crippen molar-refractivity contribution >= 4 is 18.0 Å². The molecule has 7 nitrogen and oxygen atoms in total. The Morgan fingerprint density at radius 1 is 1.15 bits per heavy atom. The molecule has 7 heteroatoms. The zero-order valence-corrected chi connectivity index (χ0v) is 19.0. The van der Waals surface area contributed by atoms with Gasteiger partial charge in [0.05, 0.1) is 0 Å². The van der Waals surface area contributed by atoms with E-state index in [0.29, 0.717) is 25.8 Å². The van der Waals surface area contributed by atoms with E-state index in [9.17, 15) is 19.5 Å². The monoisotopic (exact) mass is 450 g/mol. The first-order valence-corrected chi connectivity index (χ1v) is 11.6. The highest BCUT2D eigenvalue weighted by atomic mass is 16.5. The number of amides is 2. The van der Waals surface area contributed by atoms with E-state index in [1.165, 1.54) is 16.0 Å². The molecule has 1 fully saturated rings. The quantitative estimate of drug-likeness (QED) is 0.568.